The lowest BCUT2D eigenvalue weighted by Crippen LogP contribution is -2.22. The molecule has 1 aromatic carbocycles. The zero-order valence-corrected chi connectivity index (χ0v) is 10.3. The van der Waals surface area contributed by atoms with Gasteiger partial charge in [-0.2, -0.15) is 11.3 Å². The van der Waals surface area contributed by atoms with Crippen molar-refractivity contribution in [3.63, 3.8) is 0 Å². The molecule has 0 aliphatic carbocycles. The molecule has 2 aromatic heterocycles. The molecule has 0 atom stereocenters. The molecule has 0 aliphatic heterocycles. The average molecular weight is 257 g/mol. The van der Waals surface area contributed by atoms with Crippen molar-refractivity contribution < 1.29 is 4.79 Å². The van der Waals surface area contributed by atoms with Crippen molar-refractivity contribution >= 4 is 28.3 Å². The highest BCUT2D eigenvalue weighted by atomic mass is 32.1. The Balaban J connectivity index is 1.75. The van der Waals surface area contributed by atoms with Gasteiger partial charge in [-0.05, 0) is 40.6 Å². The van der Waals surface area contributed by atoms with Crippen LogP contribution in [-0.2, 0) is 6.54 Å². The number of amides is 1. The highest BCUT2D eigenvalue weighted by Crippen LogP contribution is 2.12. The summed E-state index contributed by atoms with van der Waals surface area (Å²) in [6, 6.07) is 7.44. The van der Waals surface area contributed by atoms with E-state index in [1.54, 1.807) is 23.7 Å². The Morgan fingerprint density at radius 3 is 3.17 bits per heavy atom. The van der Waals surface area contributed by atoms with Gasteiger partial charge < -0.3 is 10.3 Å². The highest BCUT2D eigenvalue weighted by Gasteiger charge is 2.07. The van der Waals surface area contributed by atoms with Crippen LogP contribution in [0.4, 0.5) is 0 Å². The average Bonchev–Trinajstić information content (AvgIpc) is 3.05. The molecule has 3 rings (SSSR count). The van der Waals surface area contributed by atoms with Gasteiger partial charge in [-0.3, -0.25) is 4.79 Å². The van der Waals surface area contributed by atoms with Crippen LogP contribution in [0.5, 0.6) is 0 Å². The number of aromatic amines is 1. The Bertz CT molecular complexity index is 672. The molecular formula is C13H11N3OS. The lowest BCUT2D eigenvalue weighted by molar-refractivity contribution is 0.0951. The summed E-state index contributed by atoms with van der Waals surface area (Å²) < 4.78 is 0. The number of rotatable bonds is 3. The van der Waals surface area contributed by atoms with Crippen LogP contribution < -0.4 is 5.32 Å². The highest BCUT2D eigenvalue weighted by molar-refractivity contribution is 7.07. The predicted octanol–water partition coefficient (Wildman–Crippen LogP) is 2.55. The Morgan fingerprint density at radius 2 is 2.33 bits per heavy atom. The van der Waals surface area contributed by atoms with Crippen molar-refractivity contribution in [2.24, 2.45) is 0 Å². The van der Waals surface area contributed by atoms with E-state index in [4.69, 9.17) is 0 Å². The number of aromatic nitrogens is 2. The lowest BCUT2D eigenvalue weighted by Gasteiger charge is -2.03. The first-order chi connectivity index (χ1) is 8.83. The van der Waals surface area contributed by atoms with Crippen LogP contribution in [0.25, 0.3) is 11.0 Å². The number of benzene rings is 1. The fourth-order valence-electron chi connectivity index (χ4n) is 1.75. The summed E-state index contributed by atoms with van der Waals surface area (Å²) >= 11 is 1.63. The molecule has 1 amide bonds. The fraction of sp³-hybridized carbons (Fsp3) is 0.0769. The van der Waals surface area contributed by atoms with E-state index in [-0.39, 0.29) is 5.91 Å². The first-order valence-corrected chi connectivity index (χ1v) is 6.49. The molecule has 0 bridgehead atoms. The number of carbonyl (C=O) groups excluding carboxylic acids is 1. The molecule has 18 heavy (non-hydrogen) atoms. The largest absolute Gasteiger partial charge is 0.348 e. The molecule has 0 spiro atoms. The summed E-state index contributed by atoms with van der Waals surface area (Å²) in [5, 5.41) is 6.92. The monoisotopic (exact) mass is 257 g/mol. The Hall–Kier alpha value is -2.14. The van der Waals surface area contributed by atoms with Crippen LogP contribution in [-0.4, -0.2) is 15.9 Å². The number of nitrogens with one attached hydrogen (secondary N) is 2. The summed E-state index contributed by atoms with van der Waals surface area (Å²) in [5.41, 5.74) is 3.50. The molecular weight excluding hydrogens is 246 g/mol. The van der Waals surface area contributed by atoms with Crippen molar-refractivity contribution in [2.75, 3.05) is 0 Å². The number of hydrogen-bond acceptors (Lipinski definition) is 3. The van der Waals surface area contributed by atoms with Gasteiger partial charge in [0.05, 0.1) is 17.4 Å². The van der Waals surface area contributed by atoms with E-state index in [0.29, 0.717) is 12.1 Å². The van der Waals surface area contributed by atoms with Crippen LogP contribution in [0.15, 0.2) is 41.4 Å². The number of H-pyrrole nitrogens is 1. The van der Waals surface area contributed by atoms with Crippen LogP contribution in [0, 0.1) is 0 Å². The second-order valence-corrected chi connectivity index (χ2v) is 4.73. The quantitative estimate of drug-likeness (QED) is 0.757. The minimum absolute atomic E-state index is 0.0716. The lowest BCUT2D eigenvalue weighted by atomic mass is 10.2. The molecule has 0 fully saturated rings. The Kier molecular flexibility index (Phi) is 2.82. The smallest absolute Gasteiger partial charge is 0.251 e. The zero-order valence-electron chi connectivity index (χ0n) is 9.51. The minimum Gasteiger partial charge on any atom is -0.348 e. The van der Waals surface area contributed by atoms with E-state index in [0.717, 1.165) is 16.6 Å². The summed E-state index contributed by atoms with van der Waals surface area (Å²) in [4.78, 5) is 19.1. The zero-order chi connectivity index (χ0) is 12.4. The molecule has 0 aliphatic rings. The first-order valence-electron chi connectivity index (χ1n) is 5.55. The molecule has 0 radical (unpaired) electrons. The van der Waals surface area contributed by atoms with Gasteiger partial charge in [0.15, 0.2) is 0 Å². The van der Waals surface area contributed by atoms with Gasteiger partial charge in [0.2, 0.25) is 0 Å². The van der Waals surface area contributed by atoms with E-state index < -0.39 is 0 Å². The third-order valence-corrected chi connectivity index (χ3v) is 3.45. The van der Waals surface area contributed by atoms with Crippen molar-refractivity contribution in [3.05, 3.63) is 52.5 Å². The molecule has 3 aromatic rings. The summed E-state index contributed by atoms with van der Waals surface area (Å²) in [6.45, 7) is 0.559. The van der Waals surface area contributed by atoms with Crippen LogP contribution in [0.1, 0.15) is 15.9 Å². The van der Waals surface area contributed by atoms with Gasteiger partial charge >= 0.3 is 0 Å². The molecule has 4 nitrogen and oxygen atoms in total. The second kappa shape index (κ2) is 4.62. The van der Waals surface area contributed by atoms with Crippen molar-refractivity contribution in [1.29, 1.82) is 0 Å². The maximum absolute atomic E-state index is 12.0. The van der Waals surface area contributed by atoms with Gasteiger partial charge in [0.1, 0.15) is 0 Å². The topological polar surface area (TPSA) is 57.8 Å². The van der Waals surface area contributed by atoms with Crippen LogP contribution in [0.3, 0.4) is 0 Å². The first kappa shape index (κ1) is 11.0. The fourth-order valence-corrected chi connectivity index (χ4v) is 2.42. The van der Waals surface area contributed by atoms with Crippen molar-refractivity contribution in [2.45, 2.75) is 6.54 Å². The van der Waals surface area contributed by atoms with Crippen molar-refractivity contribution in [1.82, 2.24) is 15.3 Å². The second-order valence-electron chi connectivity index (χ2n) is 3.95. The third kappa shape index (κ3) is 2.12. The number of imidazole rings is 1. The van der Waals surface area contributed by atoms with E-state index >= 15 is 0 Å². The number of thiophene rings is 1. The standard InChI is InChI=1S/C13H11N3OS/c17-13(14-6-9-3-4-18-7-9)10-1-2-11-12(5-10)16-8-15-11/h1-5,7-8H,6H2,(H,14,17)(H,15,16). The molecule has 0 saturated heterocycles. The van der Waals surface area contributed by atoms with E-state index in [1.165, 1.54) is 0 Å². The van der Waals surface area contributed by atoms with Gasteiger partial charge in [0.25, 0.3) is 5.91 Å². The van der Waals surface area contributed by atoms with Gasteiger partial charge in [-0.25, -0.2) is 4.98 Å². The molecule has 0 saturated carbocycles. The number of nitrogens with zero attached hydrogens (tertiary/aromatic N) is 1. The van der Waals surface area contributed by atoms with Gasteiger partial charge in [-0.1, -0.05) is 0 Å². The summed E-state index contributed by atoms with van der Waals surface area (Å²) in [6.07, 6.45) is 1.62. The predicted molar refractivity (Wildman–Crippen MR) is 71.6 cm³/mol. The number of fused-ring (bicyclic) bond motifs is 1. The third-order valence-electron chi connectivity index (χ3n) is 2.72. The Labute approximate surface area is 108 Å². The number of hydrogen-bond donors (Lipinski definition) is 2. The van der Waals surface area contributed by atoms with E-state index in [2.05, 4.69) is 15.3 Å². The van der Waals surface area contributed by atoms with E-state index in [1.807, 2.05) is 29.0 Å². The van der Waals surface area contributed by atoms with Crippen LogP contribution in [0.2, 0.25) is 0 Å². The van der Waals surface area contributed by atoms with Crippen molar-refractivity contribution in [3.8, 4) is 0 Å². The maximum Gasteiger partial charge on any atom is 0.251 e. The van der Waals surface area contributed by atoms with Crippen LogP contribution >= 0.6 is 11.3 Å². The Morgan fingerprint density at radius 1 is 1.39 bits per heavy atom. The molecule has 2 N–H and O–H groups in total. The molecule has 90 valence electrons. The normalized spacial score (nSPS) is 10.7. The number of carbonyl (C=O) groups is 1. The molecule has 0 unspecified atom stereocenters. The maximum atomic E-state index is 12.0. The summed E-state index contributed by atoms with van der Waals surface area (Å²) in [5.74, 6) is -0.0716. The molecule has 2 heterocycles. The van der Waals surface area contributed by atoms with E-state index in [9.17, 15) is 4.79 Å². The SMILES string of the molecule is O=C(NCc1ccsc1)c1ccc2nc[nH]c2c1. The molecule has 5 heteroatoms. The van der Waals surface area contributed by atoms with Gasteiger partial charge in [0, 0.05) is 12.1 Å². The van der Waals surface area contributed by atoms with Gasteiger partial charge in [-0.15, -0.1) is 0 Å². The summed E-state index contributed by atoms with van der Waals surface area (Å²) in [7, 11) is 0. The minimum atomic E-state index is -0.0716.